The Labute approximate surface area is 94.9 Å². The molecule has 0 aromatic rings. The molecule has 0 aliphatic carbocycles. The lowest BCUT2D eigenvalue weighted by molar-refractivity contribution is -0.159. The molecule has 98 valence electrons. The van der Waals surface area contributed by atoms with Gasteiger partial charge in [-0.3, -0.25) is 0 Å². The Morgan fingerprint density at radius 2 is 0.882 bits per heavy atom. The van der Waals surface area contributed by atoms with Crippen molar-refractivity contribution in [3.63, 3.8) is 0 Å². The molecule has 17 heavy (non-hydrogen) atoms. The van der Waals surface area contributed by atoms with Gasteiger partial charge in [-0.05, 0) is 0 Å². The molecule has 1 heterocycles. The Morgan fingerprint density at radius 3 is 0.941 bits per heavy atom. The van der Waals surface area contributed by atoms with E-state index in [-0.39, 0.29) is 0 Å². The molecule has 0 unspecified atom stereocenters. The predicted molar refractivity (Wildman–Crippen MR) is 51.4 cm³/mol. The second-order valence-electron chi connectivity index (χ2n) is 2.40. The molecule has 0 bridgehead atoms. The van der Waals surface area contributed by atoms with Crippen LogP contribution in [0.1, 0.15) is 0 Å². The topological polar surface area (TPSA) is 173 Å². The van der Waals surface area contributed by atoms with Gasteiger partial charge in [0.1, 0.15) is 0 Å². The van der Waals surface area contributed by atoms with Crippen LogP contribution in [-0.4, -0.2) is 64.1 Å². The van der Waals surface area contributed by atoms with Crippen molar-refractivity contribution in [1.29, 1.82) is 0 Å². The molecule has 0 spiro atoms. The van der Waals surface area contributed by atoms with Crippen LogP contribution in [0.25, 0.3) is 0 Å². The van der Waals surface area contributed by atoms with Crippen molar-refractivity contribution in [2.24, 2.45) is 0 Å². The first-order valence-electron chi connectivity index (χ1n) is 4.13. The van der Waals surface area contributed by atoms with Crippen LogP contribution in [0.4, 0.5) is 0 Å². The SMILES string of the molecule is C1CNCN1.O=C(O)C(=O)O.O=C(O)C(=O)O. The Kier molecular flexibility index (Phi) is 10.4. The summed E-state index contributed by atoms with van der Waals surface area (Å²) in [5, 5.41) is 35.8. The quantitative estimate of drug-likeness (QED) is 0.252. The van der Waals surface area contributed by atoms with Crippen LogP contribution in [-0.2, 0) is 19.2 Å². The van der Waals surface area contributed by atoms with E-state index in [4.69, 9.17) is 39.6 Å². The molecule has 1 aliphatic rings. The third-order valence-electron chi connectivity index (χ3n) is 1.09. The highest BCUT2D eigenvalue weighted by atomic mass is 16.4. The second kappa shape index (κ2) is 10.3. The van der Waals surface area contributed by atoms with Crippen LogP contribution >= 0.6 is 0 Å². The molecule has 1 aliphatic heterocycles. The van der Waals surface area contributed by atoms with E-state index < -0.39 is 23.9 Å². The zero-order chi connectivity index (χ0) is 13.8. The van der Waals surface area contributed by atoms with E-state index in [0.717, 1.165) is 19.8 Å². The Bertz CT molecular complexity index is 230. The van der Waals surface area contributed by atoms with E-state index in [1.165, 1.54) is 0 Å². The summed E-state index contributed by atoms with van der Waals surface area (Å²) in [4.78, 5) is 36.4. The first kappa shape index (κ1) is 17.2. The predicted octanol–water partition coefficient (Wildman–Crippen LogP) is -2.55. The van der Waals surface area contributed by atoms with Crippen LogP contribution in [0.15, 0.2) is 0 Å². The standard InChI is InChI=1S/C3H8N2.2C2H2O4/c1-2-5-3-4-1;2*3-1(4)2(5)6/h4-5H,1-3H2;2*(H,3,4)(H,5,6). The molecule has 0 amide bonds. The number of rotatable bonds is 0. The minimum Gasteiger partial charge on any atom is -0.473 e. The molecule has 0 aromatic heterocycles. The first-order valence-corrected chi connectivity index (χ1v) is 4.13. The highest BCUT2D eigenvalue weighted by Gasteiger charge is 2.04. The smallest absolute Gasteiger partial charge is 0.414 e. The minimum atomic E-state index is -1.82. The third kappa shape index (κ3) is 16.5. The molecule has 0 atom stereocenters. The molecule has 0 aromatic carbocycles. The van der Waals surface area contributed by atoms with Crippen molar-refractivity contribution in [3.05, 3.63) is 0 Å². The number of aliphatic carboxylic acids is 4. The zero-order valence-electron chi connectivity index (χ0n) is 8.54. The molecule has 1 rings (SSSR count). The number of carboxylic acids is 4. The lowest BCUT2D eigenvalue weighted by Crippen LogP contribution is -2.11. The highest BCUT2D eigenvalue weighted by molar-refractivity contribution is 6.27. The molecule has 0 saturated carbocycles. The normalized spacial score (nSPS) is 12.2. The largest absolute Gasteiger partial charge is 0.473 e. The maximum atomic E-state index is 9.10. The van der Waals surface area contributed by atoms with Gasteiger partial charge in [-0.15, -0.1) is 0 Å². The Balaban J connectivity index is 0. The molecular formula is C7H12N2O8. The van der Waals surface area contributed by atoms with Gasteiger partial charge in [0.05, 0.1) is 0 Å². The number of carbonyl (C=O) groups is 4. The average molecular weight is 252 g/mol. The van der Waals surface area contributed by atoms with Crippen molar-refractivity contribution in [2.75, 3.05) is 19.8 Å². The van der Waals surface area contributed by atoms with Crippen LogP contribution in [0.5, 0.6) is 0 Å². The molecule has 0 radical (unpaired) electrons. The molecule has 1 saturated heterocycles. The van der Waals surface area contributed by atoms with Crippen LogP contribution in [0, 0.1) is 0 Å². The van der Waals surface area contributed by atoms with E-state index in [9.17, 15) is 0 Å². The highest BCUT2D eigenvalue weighted by Crippen LogP contribution is 1.62. The summed E-state index contributed by atoms with van der Waals surface area (Å²) in [7, 11) is 0. The van der Waals surface area contributed by atoms with Gasteiger partial charge in [0.2, 0.25) is 0 Å². The number of hydrogen-bond donors (Lipinski definition) is 6. The number of nitrogens with one attached hydrogen (secondary N) is 2. The van der Waals surface area contributed by atoms with Crippen molar-refractivity contribution >= 4 is 23.9 Å². The van der Waals surface area contributed by atoms with E-state index in [2.05, 4.69) is 10.6 Å². The van der Waals surface area contributed by atoms with Gasteiger partial charge >= 0.3 is 23.9 Å². The minimum absolute atomic E-state index is 1.00. The van der Waals surface area contributed by atoms with E-state index >= 15 is 0 Å². The maximum absolute atomic E-state index is 9.10. The Morgan fingerprint density at radius 1 is 0.647 bits per heavy atom. The second-order valence-corrected chi connectivity index (χ2v) is 2.40. The fraction of sp³-hybridized carbons (Fsp3) is 0.429. The van der Waals surface area contributed by atoms with Crippen molar-refractivity contribution in [1.82, 2.24) is 10.6 Å². The number of hydrogen-bond acceptors (Lipinski definition) is 6. The monoisotopic (exact) mass is 252 g/mol. The van der Waals surface area contributed by atoms with E-state index in [0.29, 0.717) is 0 Å². The molecular weight excluding hydrogens is 240 g/mol. The molecule has 10 nitrogen and oxygen atoms in total. The fourth-order valence-electron chi connectivity index (χ4n) is 0.442. The fourth-order valence-corrected chi connectivity index (χ4v) is 0.442. The summed E-state index contributed by atoms with van der Waals surface area (Å²) < 4.78 is 0. The van der Waals surface area contributed by atoms with Crippen LogP contribution in [0.3, 0.4) is 0 Å². The molecule has 10 heteroatoms. The van der Waals surface area contributed by atoms with Crippen molar-refractivity contribution < 1.29 is 39.6 Å². The zero-order valence-corrected chi connectivity index (χ0v) is 8.54. The third-order valence-corrected chi connectivity index (χ3v) is 1.09. The van der Waals surface area contributed by atoms with Crippen LogP contribution < -0.4 is 10.6 Å². The average Bonchev–Trinajstić information content (AvgIpc) is 2.75. The molecule has 1 fully saturated rings. The van der Waals surface area contributed by atoms with Gasteiger partial charge in [0.25, 0.3) is 0 Å². The maximum Gasteiger partial charge on any atom is 0.414 e. The van der Waals surface area contributed by atoms with Gasteiger partial charge in [0.15, 0.2) is 0 Å². The molecule has 6 N–H and O–H groups in total. The van der Waals surface area contributed by atoms with Gasteiger partial charge < -0.3 is 31.1 Å². The lowest BCUT2D eigenvalue weighted by Gasteiger charge is -1.77. The summed E-state index contributed by atoms with van der Waals surface area (Å²) in [5.74, 6) is -7.30. The lowest BCUT2D eigenvalue weighted by atomic mass is 10.7. The van der Waals surface area contributed by atoms with Crippen molar-refractivity contribution in [2.45, 2.75) is 0 Å². The number of carboxylic acid groups (broad SMARTS) is 4. The van der Waals surface area contributed by atoms with Gasteiger partial charge in [-0.1, -0.05) is 0 Å². The van der Waals surface area contributed by atoms with Crippen LogP contribution in [0.2, 0.25) is 0 Å². The van der Waals surface area contributed by atoms with Gasteiger partial charge in [-0.25, -0.2) is 19.2 Å². The van der Waals surface area contributed by atoms with Crippen molar-refractivity contribution in [3.8, 4) is 0 Å². The van der Waals surface area contributed by atoms with Gasteiger partial charge in [0, 0.05) is 19.8 Å². The van der Waals surface area contributed by atoms with Gasteiger partial charge in [-0.2, -0.15) is 0 Å². The summed E-state index contributed by atoms with van der Waals surface area (Å²) in [6, 6.07) is 0. The summed E-state index contributed by atoms with van der Waals surface area (Å²) >= 11 is 0. The Hall–Kier alpha value is -2.20. The summed E-state index contributed by atoms with van der Waals surface area (Å²) in [6.07, 6.45) is 0. The van der Waals surface area contributed by atoms with E-state index in [1.54, 1.807) is 0 Å². The van der Waals surface area contributed by atoms with E-state index in [1.807, 2.05) is 0 Å². The first-order chi connectivity index (χ1) is 7.79. The summed E-state index contributed by atoms with van der Waals surface area (Å²) in [5.41, 5.74) is 0. The summed E-state index contributed by atoms with van der Waals surface area (Å²) in [6.45, 7) is 3.28.